The van der Waals surface area contributed by atoms with Crippen molar-refractivity contribution in [2.45, 2.75) is 51.0 Å². The largest absolute Gasteiger partial charge is 0.473 e. The van der Waals surface area contributed by atoms with Gasteiger partial charge < -0.3 is 19.4 Å². The summed E-state index contributed by atoms with van der Waals surface area (Å²) in [6.45, 7) is 4.15. The Kier molecular flexibility index (Phi) is 8.91. The van der Waals surface area contributed by atoms with Crippen LogP contribution in [0.4, 0.5) is 10.1 Å². The van der Waals surface area contributed by atoms with Crippen LogP contribution in [0.1, 0.15) is 52.8 Å². The Hall–Kier alpha value is -4.38. The van der Waals surface area contributed by atoms with Crippen molar-refractivity contribution < 1.29 is 18.7 Å². The van der Waals surface area contributed by atoms with Crippen LogP contribution in [0.3, 0.4) is 0 Å². The molecule has 9 nitrogen and oxygen atoms in total. The van der Waals surface area contributed by atoms with Gasteiger partial charge in [-0.3, -0.25) is 14.7 Å². The number of halogens is 2. The van der Waals surface area contributed by atoms with Gasteiger partial charge in [0.25, 0.3) is 5.91 Å². The summed E-state index contributed by atoms with van der Waals surface area (Å²) < 4.78 is 28.1. The summed E-state index contributed by atoms with van der Waals surface area (Å²) in [6, 6.07) is 21.5. The minimum Gasteiger partial charge on any atom is -0.473 e. The van der Waals surface area contributed by atoms with E-state index in [1.165, 1.54) is 6.07 Å². The normalized spacial score (nSPS) is 17.1. The van der Waals surface area contributed by atoms with Crippen molar-refractivity contribution in [1.82, 2.24) is 24.4 Å². The number of fused-ring (bicyclic) bond motifs is 1. The molecule has 0 aliphatic carbocycles. The molecule has 0 saturated carbocycles. The Bertz CT molecular complexity index is 1840. The first-order valence-electron chi connectivity index (χ1n) is 15.6. The zero-order chi connectivity index (χ0) is 31.5. The number of nitrogens with zero attached hydrogens (tertiary/aromatic N) is 5. The van der Waals surface area contributed by atoms with Crippen LogP contribution in [0.2, 0.25) is 5.02 Å². The van der Waals surface area contributed by atoms with Crippen molar-refractivity contribution in [3.63, 3.8) is 0 Å². The standard InChI is InChI=1S/C35H34ClFN6O3/c36-25-8-7-24(28(37)18-25)22-46-34-6-3-5-29(41-34)23-11-15-42(16-12-23)21-33-40-31-19-26(39-35(44)30-4-1-2-14-38-30)9-10-32(31)43(33)20-27-13-17-45-27/h1-10,14,18-19,23,27H,11-13,15-17,20-22H2,(H,39,44). The van der Waals surface area contributed by atoms with E-state index in [0.29, 0.717) is 40.3 Å². The molecule has 2 aromatic carbocycles. The summed E-state index contributed by atoms with van der Waals surface area (Å²) in [5.41, 5.74) is 4.33. The Balaban J connectivity index is 1.01. The third kappa shape index (κ3) is 6.89. The lowest BCUT2D eigenvalue weighted by atomic mass is 9.93. The van der Waals surface area contributed by atoms with Crippen LogP contribution >= 0.6 is 11.6 Å². The number of imidazole rings is 1. The van der Waals surface area contributed by atoms with Crippen molar-refractivity contribution in [1.29, 1.82) is 0 Å². The summed E-state index contributed by atoms with van der Waals surface area (Å²) in [6.07, 6.45) is 4.73. The quantitative estimate of drug-likeness (QED) is 0.183. The lowest BCUT2D eigenvalue weighted by Gasteiger charge is -2.32. The van der Waals surface area contributed by atoms with Gasteiger partial charge in [-0.2, -0.15) is 0 Å². The molecule has 2 aliphatic rings. The minimum atomic E-state index is -0.391. The molecule has 5 aromatic rings. The van der Waals surface area contributed by atoms with Gasteiger partial charge in [-0.05, 0) is 80.9 Å². The number of hydrogen-bond donors (Lipinski definition) is 1. The Labute approximate surface area is 271 Å². The molecule has 1 unspecified atom stereocenters. The van der Waals surface area contributed by atoms with Crippen LogP contribution in [0, 0.1) is 5.82 Å². The maximum Gasteiger partial charge on any atom is 0.274 e. The monoisotopic (exact) mass is 640 g/mol. The average molecular weight is 641 g/mol. The lowest BCUT2D eigenvalue weighted by molar-refractivity contribution is -0.0592. The highest BCUT2D eigenvalue weighted by molar-refractivity contribution is 6.30. The first-order valence-corrected chi connectivity index (χ1v) is 16.0. The smallest absolute Gasteiger partial charge is 0.274 e. The van der Waals surface area contributed by atoms with E-state index in [0.717, 1.165) is 68.1 Å². The molecule has 2 fully saturated rings. The van der Waals surface area contributed by atoms with E-state index in [1.54, 1.807) is 42.6 Å². The number of hydrogen-bond acceptors (Lipinski definition) is 7. The van der Waals surface area contributed by atoms with E-state index in [-0.39, 0.29) is 18.6 Å². The number of nitrogens with one attached hydrogen (secondary N) is 1. The maximum atomic E-state index is 14.2. The molecular weight excluding hydrogens is 607 g/mol. The molecule has 236 valence electrons. The number of carbonyl (C=O) groups excluding carboxylic acids is 1. The molecule has 0 bridgehead atoms. The van der Waals surface area contributed by atoms with Crippen LogP contribution in [0.25, 0.3) is 11.0 Å². The minimum absolute atomic E-state index is 0.0862. The van der Waals surface area contributed by atoms with Crippen LogP contribution in [0.5, 0.6) is 5.88 Å². The summed E-state index contributed by atoms with van der Waals surface area (Å²) in [7, 11) is 0. The van der Waals surface area contributed by atoms with Gasteiger partial charge >= 0.3 is 0 Å². The molecule has 0 spiro atoms. The highest BCUT2D eigenvalue weighted by atomic mass is 35.5. The number of carbonyl (C=O) groups is 1. The van der Waals surface area contributed by atoms with Gasteiger partial charge in [0.05, 0.1) is 30.2 Å². The zero-order valence-corrected chi connectivity index (χ0v) is 26.0. The third-order valence-corrected chi connectivity index (χ3v) is 8.90. The number of anilines is 1. The van der Waals surface area contributed by atoms with Gasteiger partial charge in [-0.15, -0.1) is 0 Å². The molecule has 2 aliphatic heterocycles. The molecule has 1 atom stereocenters. The average Bonchev–Trinajstić information content (AvgIpc) is 3.38. The van der Waals surface area contributed by atoms with Gasteiger partial charge in [0, 0.05) is 46.8 Å². The molecule has 11 heteroatoms. The van der Waals surface area contributed by atoms with Gasteiger partial charge in [0.15, 0.2) is 0 Å². The topological polar surface area (TPSA) is 94.4 Å². The van der Waals surface area contributed by atoms with Crippen LogP contribution in [-0.2, 0) is 24.4 Å². The van der Waals surface area contributed by atoms with Gasteiger partial charge in [0.2, 0.25) is 5.88 Å². The molecule has 7 rings (SSSR count). The lowest BCUT2D eigenvalue weighted by Crippen LogP contribution is -2.35. The van der Waals surface area contributed by atoms with Gasteiger partial charge in [0.1, 0.15) is 23.9 Å². The summed E-state index contributed by atoms with van der Waals surface area (Å²) in [5, 5.41) is 3.30. The second-order valence-electron chi connectivity index (χ2n) is 11.8. The molecule has 46 heavy (non-hydrogen) atoms. The fourth-order valence-corrected chi connectivity index (χ4v) is 6.18. The van der Waals surface area contributed by atoms with Crippen molar-refractivity contribution in [3.05, 3.63) is 113 Å². The van der Waals surface area contributed by atoms with E-state index in [4.69, 9.17) is 31.0 Å². The molecule has 2 saturated heterocycles. The van der Waals surface area contributed by atoms with Crippen molar-refractivity contribution in [3.8, 4) is 5.88 Å². The Morgan fingerprint density at radius 2 is 1.89 bits per heavy atom. The van der Waals surface area contributed by atoms with Crippen LogP contribution in [0.15, 0.2) is 79.0 Å². The summed E-state index contributed by atoms with van der Waals surface area (Å²) >= 11 is 5.87. The number of aromatic nitrogens is 4. The first-order chi connectivity index (χ1) is 22.5. The Morgan fingerprint density at radius 1 is 1.02 bits per heavy atom. The van der Waals surface area contributed by atoms with E-state index in [9.17, 15) is 9.18 Å². The van der Waals surface area contributed by atoms with E-state index < -0.39 is 5.82 Å². The zero-order valence-electron chi connectivity index (χ0n) is 25.2. The van der Waals surface area contributed by atoms with Crippen molar-refractivity contribution >= 4 is 34.2 Å². The number of amides is 1. The molecule has 3 aromatic heterocycles. The van der Waals surface area contributed by atoms with Crippen molar-refractivity contribution in [2.24, 2.45) is 0 Å². The van der Waals surface area contributed by atoms with Gasteiger partial charge in [-0.1, -0.05) is 29.8 Å². The predicted octanol–water partition coefficient (Wildman–Crippen LogP) is 6.62. The number of rotatable bonds is 10. The summed E-state index contributed by atoms with van der Waals surface area (Å²) in [5.74, 6) is 1.13. The molecule has 0 radical (unpaired) electrons. The second kappa shape index (κ2) is 13.5. The van der Waals surface area contributed by atoms with Crippen LogP contribution in [-0.4, -0.2) is 56.1 Å². The fourth-order valence-electron chi connectivity index (χ4n) is 6.02. The first kappa shape index (κ1) is 30.3. The molecule has 5 heterocycles. The molecule has 1 N–H and O–H groups in total. The van der Waals surface area contributed by atoms with Gasteiger partial charge in [-0.25, -0.2) is 14.4 Å². The second-order valence-corrected chi connectivity index (χ2v) is 12.2. The highest BCUT2D eigenvalue weighted by Crippen LogP contribution is 2.30. The van der Waals surface area contributed by atoms with E-state index in [1.807, 2.05) is 30.3 Å². The predicted molar refractivity (Wildman–Crippen MR) is 174 cm³/mol. The van der Waals surface area contributed by atoms with Crippen LogP contribution < -0.4 is 10.1 Å². The third-order valence-electron chi connectivity index (χ3n) is 8.67. The fraction of sp³-hybridized carbons (Fsp3) is 0.314. The maximum absolute atomic E-state index is 14.2. The van der Waals surface area contributed by atoms with E-state index >= 15 is 0 Å². The number of benzene rings is 2. The summed E-state index contributed by atoms with van der Waals surface area (Å²) in [4.78, 5) is 29.1. The number of pyridine rings is 2. The number of likely N-dealkylation sites (tertiary alicyclic amines) is 1. The number of ether oxygens (including phenoxy) is 2. The SMILES string of the molecule is O=C(Nc1ccc2c(c1)nc(CN1CCC(c3cccc(OCc4ccc(Cl)cc4F)n3)CC1)n2CC1CCO1)c1ccccn1. The van der Waals surface area contributed by atoms with E-state index in [2.05, 4.69) is 19.8 Å². The highest BCUT2D eigenvalue weighted by Gasteiger charge is 2.26. The number of piperidine rings is 1. The molecular formula is C35H34ClFN6O3. The van der Waals surface area contributed by atoms with Crippen molar-refractivity contribution in [2.75, 3.05) is 25.0 Å². The Morgan fingerprint density at radius 3 is 2.65 bits per heavy atom. The molecule has 1 amide bonds.